The molecule has 1 aliphatic heterocycles. The number of benzene rings is 1. The molecule has 1 N–H and O–H groups in total. The Morgan fingerprint density at radius 3 is 2.64 bits per heavy atom. The van der Waals surface area contributed by atoms with Gasteiger partial charge in [0.2, 0.25) is 15.9 Å². The molecule has 25 heavy (non-hydrogen) atoms. The summed E-state index contributed by atoms with van der Waals surface area (Å²) in [6, 6.07) is 3.98. The van der Waals surface area contributed by atoms with Gasteiger partial charge in [-0.1, -0.05) is 30.9 Å². The molecule has 1 amide bonds. The van der Waals surface area contributed by atoms with E-state index >= 15 is 0 Å². The van der Waals surface area contributed by atoms with Crippen LogP contribution in [0.25, 0.3) is 0 Å². The minimum atomic E-state index is -3.37. The Kier molecular flexibility index (Phi) is 5.10. The maximum Gasteiger partial charge on any atom is 0.229 e. The van der Waals surface area contributed by atoms with Crippen LogP contribution in [0.5, 0.6) is 0 Å². The van der Waals surface area contributed by atoms with Crippen LogP contribution >= 0.6 is 11.6 Å². The summed E-state index contributed by atoms with van der Waals surface area (Å²) in [6.45, 7) is 0.509. The van der Waals surface area contributed by atoms with E-state index in [4.69, 9.17) is 11.6 Å². The molecule has 1 unspecified atom stereocenters. The molecule has 3 rings (SSSR count). The van der Waals surface area contributed by atoms with Gasteiger partial charge in [-0.05, 0) is 36.5 Å². The Bertz CT molecular complexity index is 778. The van der Waals surface area contributed by atoms with E-state index in [9.17, 15) is 17.6 Å². The first-order chi connectivity index (χ1) is 11.7. The number of hydrogen-bond donors (Lipinski definition) is 1. The van der Waals surface area contributed by atoms with Crippen LogP contribution < -0.4 is 5.32 Å². The molecule has 138 valence electrons. The van der Waals surface area contributed by atoms with Crippen molar-refractivity contribution in [3.63, 3.8) is 0 Å². The van der Waals surface area contributed by atoms with Crippen molar-refractivity contribution in [2.75, 3.05) is 24.7 Å². The van der Waals surface area contributed by atoms with E-state index in [0.29, 0.717) is 11.6 Å². The molecule has 1 aliphatic carbocycles. The Morgan fingerprint density at radius 1 is 1.32 bits per heavy atom. The summed E-state index contributed by atoms with van der Waals surface area (Å²) >= 11 is 5.88. The number of nitrogens with zero attached hydrogens (tertiary/aromatic N) is 1. The monoisotopic (exact) mass is 388 g/mol. The van der Waals surface area contributed by atoms with Gasteiger partial charge in [0.1, 0.15) is 5.82 Å². The van der Waals surface area contributed by atoms with Crippen molar-refractivity contribution in [2.24, 2.45) is 11.3 Å². The number of amides is 1. The van der Waals surface area contributed by atoms with E-state index < -0.39 is 21.8 Å². The summed E-state index contributed by atoms with van der Waals surface area (Å²) < 4.78 is 39.3. The van der Waals surface area contributed by atoms with Gasteiger partial charge in [-0.2, -0.15) is 0 Å². The van der Waals surface area contributed by atoms with Gasteiger partial charge < -0.3 is 5.32 Å². The lowest BCUT2D eigenvalue weighted by molar-refractivity contribution is -0.123. The summed E-state index contributed by atoms with van der Waals surface area (Å²) in [5.74, 6) is -1.39. The lowest BCUT2D eigenvalue weighted by Gasteiger charge is -2.37. The number of carbonyl (C=O) groups is 1. The second kappa shape index (κ2) is 6.85. The Labute approximate surface area is 152 Å². The van der Waals surface area contributed by atoms with Crippen LogP contribution in [0.3, 0.4) is 0 Å². The maximum atomic E-state index is 13.9. The van der Waals surface area contributed by atoms with Gasteiger partial charge in [0.25, 0.3) is 0 Å². The lowest BCUT2D eigenvalue weighted by atomic mass is 9.67. The van der Waals surface area contributed by atoms with E-state index in [1.165, 1.54) is 28.8 Å². The van der Waals surface area contributed by atoms with Crippen LogP contribution in [0.4, 0.5) is 10.1 Å². The molecule has 1 aromatic rings. The zero-order chi connectivity index (χ0) is 18.2. The molecular formula is C17H22ClFN2O3S. The van der Waals surface area contributed by atoms with Gasteiger partial charge in [0.15, 0.2) is 0 Å². The summed E-state index contributed by atoms with van der Waals surface area (Å²) in [4.78, 5) is 12.9. The molecule has 8 heteroatoms. The highest BCUT2D eigenvalue weighted by atomic mass is 35.5. The van der Waals surface area contributed by atoms with Crippen molar-refractivity contribution < 1.29 is 17.6 Å². The Hall–Kier alpha value is -1.18. The normalized spacial score (nSPS) is 23.7. The van der Waals surface area contributed by atoms with Crippen molar-refractivity contribution in [3.05, 3.63) is 29.0 Å². The van der Waals surface area contributed by atoms with Gasteiger partial charge in [0.05, 0.1) is 17.9 Å². The predicted octanol–water partition coefficient (Wildman–Crippen LogP) is 3.26. The van der Waals surface area contributed by atoms with Crippen LogP contribution in [0.1, 0.15) is 32.1 Å². The van der Waals surface area contributed by atoms with Gasteiger partial charge in [0, 0.05) is 18.1 Å². The highest BCUT2D eigenvalue weighted by molar-refractivity contribution is 7.88. The molecule has 0 aromatic heterocycles. The van der Waals surface area contributed by atoms with E-state index in [-0.39, 0.29) is 23.6 Å². The second-order valence-electron chi connectivity index (χ2n) is 7.14. The molecule has 1 saturated carbocycles. The Balaban J connectivity index is 1.87. The van der Waals surface area contributed by atoms with Crippen LogP contribution in [-0.2, 0) is 14.8 Å². The predicted molar refractivity (Wildman–Crippen MR) is 95.5 cm³/mol. The van der Waals surface area contributed by atoms with Crippen molar-refractivity contribution in [1.82, 2.24) is 4.31 Å². The number of nitrogens with one attached hydrogen (secondary N) is 1. The molecule has 2 fully saturated rings. The molecule has 1 saturated heterocycles. The van der Waals surface area contributed by atoms with Gasteiger partial charge in [-0.3, -0.25) is 4.79 Å². The zero-order valence-corrected chi connectivity index (χ0v) is 15.7. The third-order valence-corrected chi connectivity index (χ3v) is 6.89. The SMILES string of the molecule is CS(=O)(=O)N1CC(C(=O)Nc2cc(Cl)ccc2F)C2(CCCCC2)C1. The summed E-state index contributed by atoms with van der Waals surface area (Å²) in [5, 5.41) is 2.94. The number of halogens is 2. The number of anilines is 1. The average molecular weight is 389 g/mol. The van der Waals surface area contributed by atoms with Gasteiger partial charge in [-0.15, -0.1) is 0 Å². The molecule has 0 radical (unpaired) electrons. The van der Waals surface area contributed by atoms with Crippen molar-refractivity contribution in [1.29, 1.82) is 0 Å². The van der Waals surface area contributed by atoms with Crippen molar-refractivity contribution in [2.45, 2.75) is 32.1 Å². The number of hydrogen-bond acceptors (Lipinski definition) is 3. The van der Waals surface area contributed by atoms with Crippen LogP contribution in [0.2, 0.25) is 5.02 Å². The number of sulfonamides is 1. The van der Waals surface area contributed by atoms with E-state index in [1.807, 2.05) is 0 Å². The second-order valence-corrected chi connectivity index (χ2v) is 9.56. The van der Waals surface area contributed by atoms with Gasteiger partial charge >= 0.3 is 0 Å². The minimum absolute atomic E-state index is 0.0289. The fraction of sp³-hybridized carbons (Fsp3) is 0.588. The molecule has 1 atom stereocenters. The summed E-state index contributed by atoms with van der Waals surface area (Å²) in [5.41, 5.74) is -0.332. The van der Waals surface area contributed by atoms with E-state index in [1.54, 1.807) is 0 Å². The summed E-state index contributed by atoms with van der Waals surface area (Å²) in [6.07, 6.45) is 5.85. The van der Waals surface area contributed by atoms with Gasteiger partial charge in [-0.25, -0.2) is 17.1 Å². The van der Waals surface area contributed by atoms with Crippen LogP contribution in [-0.4, -0.2) is 38.0 Å². The largest absolute Gasteiger partial charge is 0.323 e. The third-order valence-electron chi connectivity index (χ3n) is 5.44. The smallest absolute Gasteiger partial charge is 0.229 e. The molecular weight excluding hydrogens is 367 g/mol. The zero-order valence-electron chi connectivity index (χ0n) is 14.1. The molecule has 2 aliphatic rings. The van der Waals surface area contributed by atoms with Crippen molar-refractivity contribution >= 4 is 33.2 Å². The Morgan fingerprint density at radius 2 is 2.00 bits per heavy atom. The standard InChI is InChI=1S/C17H22ClFN2O3S/c1-25(23,24)21-10-13(17(11-21)7-3-2-4-8-17)16(22)20-15-9-12(18)5-6-14(15)19/h5-6,9,13H,2-4,7-8,10-11H2,1H3,(H,20,22). The average Bonchev–Trinajstić information content (AvgIpc) is 2.91. The molecule has 1 heterocycles. The fourth-order valence-electron chi connectivity index (χ4n) is 4.11. The quantitative estimate of drug-likeness (QED) is 0.864. The highest BCUT2D eigenvalue weighted by Gasteiger charge is 2.52. The number of rotatable bonds is 3. The first-order valence-corrected chi connectivity index (χ1v) is 10.6. The molecule has 1 aromatic carbocycles. The molecule has 1 spiro atoms. The third kappa shape index (κ3) is 3.83. The van der Waals surface area contributed by atoms with E-state index in [2.05, 4.69) is 5.32 Å². The first-order valence-electron chi connectivity index (χ1n) is 8.42. The van der Waals surface area contributed by atoms with Crippen LogP contribution in [0.15, 0.2) is 18.2 Å². The maximum absolute atomic E-state index is 13.9. The topological polar surface area (TPSA) is 66.5 Å². The fourth-order valence-corrected chi connectivity index (χ4v) is 5.20. The summed E-state index contributed by atoms with van der Waals surface area (Å²) in [7, 11) is -3.37. The van der Waals surface area contributed by atoms with E-state index in [0.717, 1.165) is 32.1 Å². The van der Waals surface area contributed by atoms with Crippen LogP contribution in [0, 0.1) is 17.2 Å². The highest BCUT2D eigenvalue weighted by Crippen LogP contribution is 2.48. The lowest BCUT2D eigenvalue weighted by Crippen LogP contribution is -2.39. The molecule has 5 nitrogen and oxygen atoms in total. The number of carbonyl (C=O) groups excluding carboxylic acids is 1. The minimum Gasteiger partial charge on any atom is -0.323 e. The van der Waals surface area contributed by atoms with Crippen molar-refractivity contribution in [3.8, 4) is 0 Å². The first kappa shape index (κ1) is 18.6. The molecule has 0 bridgehead atoms.